The number of nitrogens with zero attached hydrogens (tertiary/aromatic N) is 3. The molecule has 0 unspecified atom stereocenters. The van der Waals surface area contributed by atoms with E-state index in [1.165, 1.54) is 18.2 Å². The number of benzene rings is 2. The molecule has 0 saturated carbocycles. The molecule has 0 fully saturated rings. The summed E-state index contributed by atoms with van der Waals surface area (Å²) in [5.74, 6) is -2.48. The third kappa shape index (κ3) is 8.63. The topological polar surface area (TPSA) is 252 Å². The fourth-order valence-corrected chi connectivity index (χ4v) is 4.62. The number of carbonyl (C=O) groups excluding carboxylic acids is 1. The van der Waals surface area contributed by atoms with Gasteiger partial charge >= 0.3 is 109 Å². The van der Waals surface area contributed by atoms with E-state index in [4.69, 9.17) is 5.26 Å². The van der Waals surface area contributed by atoms with E-state index in [2.05, 4.69) is 15.1 Å². The van der Waals surface area contributed by atoms with Crippen LogP contribution in [0.1, 0.15) is 11.3 Å². The second-order valence-corrected chi connectivity index (χ2v) is 10.9. The monoisotopic (exact) mass is 682 g/mol. The fourth-order valence-electron chi connectivity index (χ4n) is 3.68. The molecule has 3 aromatic rings. The summed E-state index contributed by atoms with van der Waals surface area (Å²) in [5.41, 5.74) is -1.75. The van der Waals surface area contributed by atoms with Crippen molar-refractivity contribution in [3.63, 3.8) is 0 Å². The van der Waals surface area contributed by atoms with E-state index in [9.17, 15) is 45.4 Å². The van der Waals surface area contributed by atoms with Crippen molar-refractivity contribution in [3.8, 4) is 5.69 Å². The first-order chi connectivity index (χ1) is 19.2. The number of hydrogen-bond acceptors (Lipinski definition) is 12. The average molecular weight is 683 g/mol. The molecule has 0 radical (unpaired) electrons. The Bertz CT molecular complexity index is 1910. The maximum absolute atomic E-state index is 13.0. The summed E-state index contributed by atoms with van der Waals surface area (Å²) in [7, 11) is -9.49. The summed E-state index contributed by atoms with van der Waals surface area (Å²) in [4.78, 5) is 40.7. The van der Waals surface area contributed by atoms with Crippen LogP contribution < -0.4 is 113 Å². The Labute approximate surface area is 328 Å². The number of carboxylic acids is 1. The Morgan fingerprint density at radius 3 is 1.91 bits per heavy atom. The Morgan fingerprint density at radius 2 is 1.44 bits per heavy atom. The first-order valence-corrected chi connectivity index (χ1v) is 13.8. The molecule has 0 atom stereocenters. The SMILES string of the molecule is O=C(O)C1=NN(c2ccc(S(=O)(=O)[O-])cc2)C(=O)/C1=C\C=Cc1c(COO)[nH]n(-c2ccc(S(=O)(=O)[O-])cc2)c1=O.[K+].[K+]. The number of aliphatic carboxylic acids is 1. The third-order valence-corrected chi connectivity index (χ3v) is 7.27. The van der Waals surface area contributed by atoms with E-state index < -0.39 is 65.4 Å². The van der Waals surface area contributed by atoms with Crippen LogP contribution in [0, 0.1) is 0 Å². The molecule has 1 aliphatic rings. The second-order valence-electron chi connectivity index (χ2n) is 8.12. The normalized spacial score (nSPS) is 14.5. The number of amides is 1. The van der Waals surface area contributed by atoms with Crippen molar-refractivity contribution in [2.45, 2.75) is 16.4 Å². The zero-order valence-electron chi connectivity index (χ0n) is 22.2. The number of anilines is 1. The number of aromatic amines is 1. The average Bonchev–Trinajstić information content (AvgIpc) is 3.40. The van der Waals surface area contributed by atoms with Gasteiger partial charge in [0.25, 0.3) is 11.5 Å². The smallest absolute Gasteiger partial charge is 0.744 e. The van der Waals surface area contributed by atoms with Gasteiger partial charge in [-0.3, -0.25) is 19.9 Å². The number of carbonyl (C=O) groups is 2. The Morgan fingerprint density at radius 1 is 0.930 bits per heavy atom. The second kappa shape index (κ2) is 15.2. The molecule has 2 aromatic carbocycles. The van der Waals surface area contributed by atoms with Crippen LogP contribution in [-0.2, 0) is 41.3 Å². The quantitative estimate of drug-likeness (QED) is 0.0628. The molecular formula is C23H16K2N4O12S2. The van der Waals surface area contributed by atoms with Gasteiger partial charge in [0.15, 0.2) is 5.71 Å². The van der Waals surface area contributed by atoms with Gasteiger partial charge in [-0.15, -0.1) is 0 Å². The predicted octanol–water partition coefficient (Wildman–Crippen LogP) is -5.60. The zero-order chi connectivity index (χ0) is 30.1. The molecule has 0 spiro atoms. The fraction of sp³-hybridized carbons (Fsp3) is 0.0435. The number of hydrazone groups is 1. The van der Waals surface area contributed by atoms with Crippen LogP contribution in [0.3, 0.4) is 0 Å². The van der Waals surface area contributed by atoms with Crippen LogP contribution in [0.5, 0.6) is 0 Å². The van der Waals surface area contributed by atoms with E-state index in [0.29, 0.717) is 5.01 Å². The van der Waals surface area contributed by atoms with Gasteiger partial charge in [-0.2, -0.15) is 10.1 Å². The van der Waals surface area contributed by atoms with Gasteiger partial charge in [-0.25, -0.2) is 31.2 Å². The number of carboxylic acid groups (broad SMARTS) is 1. The first-order valence-electron chi connectivity index (χ1n) is 11.0. The minimum Gasteiger partial charge on any atom is -0.744 e. The van der Waals surface area contributed by atoms with Gasteiger partial charge in [0, 0.05) is 0 Å². The number of allylic oxidation sites excluding steroid dienone is 2. The summed E-state index contributed by atoms with van der Waals surface area (Å²) in [5, 5.41) is 25.5. The van der Waals surface area contributed by atoms with Crippen LogP contribution in [0.25, 0.3) is 11.8 Å². The van der Waals surface area contributed by atoms with Gasteiger partial charge in [0.05, 0.1) is 38.0 Å². The Balaban J connectivity index is 0.00000323. The minimum absolute atomic E-state index is 0. The summed E-state index contributed by atoms with van der Waals surface area (Å²) in [6.07, 6.45) is 3.39. The molecule has 43 heavy (non-hydrogen) atoms. The zero-order valence-corrected chi connectivity index (χ0v) is 30.1. The molecule has 0 aliphatic carbocycles. The first kappa shape index (κ1) is 37.7. The van der Waals surface area contributed by atoms with Gasteiger partial charge in [0.2, 0.25) is 0 Å². The van der Waals surface area contributed by atoms with Crippen LogP contribution in [0.4, 0.5) is 5.69 Å². The molecular weight excluding hydrogens is 667 g/mol. The number of hydrogen-bond donors (Lipinski definition) is 3. The van der Waals surface area contributed by atoms with Crippen molar-refractivity contribution in [2.24, 2.45) is 5.10 Å². The minimum atomic E-state index is -4.76. The third-order valence-electron chi connectivity index (χ3n) is 5.57. The molecule has 1 aromatic heterocycles. The number of H-pyrrole nitrogens is 1. The van der Waals surface area contributed by atoms with E-state index in [1.54, 1.807) is 0 Å². The molecule has 1 amide bonds. The van der Waals surface area contributed by atoms with E-state index >= 15 is 0 Å². The Kier molecular flexibility index (Phi) is 13.4. The summed E-state index contributed by atoms with van der Waals surface area (Å²) >= 11 is 0. The van der Waals surface area contributed by atoms with Crippen molar-refractivity contribution < 1.29 is 154 Å². The Hall–Kier alpha value is -1.45. The van der Waals surface area contributed by atoms with Gasteiger partial charge < -0.3 is 14.2 Å². The summed E-state index contributed by atoms with van der Waals surface area (Å²) in [6.45, 7) is -0.505. The molecule has 1 aliphatic heterocycles. The van der Waals surface area contributed by atoms with Gasteiger partial charge in [-0.05, 0) is 60.7 Å². The van der Waals surface area contributed by atoms with Crippen molar-refractivity contribution in [1.82, 2.24) is 9.78 Å². The number of rotatable bonds is 9. The molecule has 2 heterocycles. The van der Waals surface area contributed by atoms with E-state index in [-0.39, 0.29) is 125 Å². The maximum Gasteiger partial charge on any atom is 1.00 e. The van der Waals surface area contributed by atoms with Crippen LogP contribution >= 0.6 is 0 Å². The molecule has 20 heteroatoms. The van der Waals surface area contributed by atoms with Crippen molar-refractivity contribution in [3.05, 3.63) is 87.9 Å². The molecule has 4 rings (SSSR count). The predicted molar refractivity (Wildman–Crippen MR) is 136 cm³/mol. The van der Waals surface area contributed by atoms with Crippen LogP contribution in [0.2, 0.25) is 0 Å². The molecule has 0 saturated heterocycles. The van der Waals surface area contributed by atoms with Crippen molar-refractivity contribution >= 4 is 49.6 Å². The largest absolute Gasteiger partial charge is 1.00 e. The van der Waals surface area contributed by atoms with E-state index in [1.807, 2.05) is 0 Å². The van der Waals surface area contributed by atoms with Gasteiger partial charge in [-0.1, -0.05) is 6.08 Å². The van der Waals surface area contributed by atoms with Crippen molar-refractivity contribution in [1.29, 1.82) is 0 Å². The summed E-state index contributed by atoms with van der Waals surface area (Å²) < 4.78 is 67.9. The molecule has 3 N–H and O–H groups in total. The standard InChI is InChI=1S/C23H18N4O12S2.2K/c28-21-17(19(12-39-32)24-26(21)13-4-8-15(9-5-13)40(33,34)35)2-1-3-18-20(23(30)31)25-27(22(18)29)14-6-10-16(11-7-14)41(36,37)38;;/h1-11,24,32H,12H2,(H,30,31)(H,33,34,35)(H,36,37,38);;/q;2*+1/p-2/b2-1?,18-3-;;. The van der Waals surface area contributed by atoms with Gasteiger partial charge in [0.1, 0.15) is 26.8 Å². The summed E-state index contributed by atoms with van der Waals surface area (Å²) in [6, 6.07) is 8.38. The maximum atomic E-state index is 13.0. The molecule has 0 bridgehead atoms. The number of aromatic nitrogens is 2. The number of nitrogens with one attached hydrogen (secondary N) is 1. The molecule has 214 valence electrons. The van der Waals surface area contributed by atoms with Crippen LogP contribution in [0.15, 0.2) is 85.9 Å². The van der Waals surface area contributed by atoms with Crippen LogP contribution in [-0.4, -0.2) is 63.7 Å². The van der Waals surface area contributed by atoms with Crippen molar-refractivity contribution in [2.75, 3.05) is 5.01 Å². The van der Waals surface area contributed by atoms with E-state index in [0.717, 1.165) is 53.2 Å². The molecule has 16 nitrogen and oxygen atoms in total.